The second kappa shape index (κ2) is 7.84. The van der Waals surface area contributed by atoms with Crippen molar-refractivity contribution in [2.24, 2.45) is 0 Å². The van der Waals surface area contributed by atoms with Crippen LogP contribution < -0.4 is 10.1 Å². The molecule has 0 saturated heterocycles. The smallest absolute Gasteiger partial charge is 0.350 e. The first-order chi connectivity index (χ1) is 12.6. The van der Waals surface area contributed by atoms with Gasteiger partial charge in [-0.3, -0.25) is 4.79 Å². The number of carbonyl (C=O) groups excluding carboxylic acids is 2. The fourth-order valence-electron chi connectivity index (χ4n) is 2.49. The van der Waals surface area contributed by atoms with Crippen molar-refractivity contribution in [3.63, 3.8) is 0 Å². The maximum absolute atomic E-state index is 12.7. The number of hydrogen-bond donors (Lipinski definition) is 1. The van der Waals surface area contributed by atoms with Crippen LogP contribution in [-0.2, 0) is 4.74 Å². The van der Waals surface area contributed by atoms with Gasteiger partial charge < -0.3 is 14.8 Å². The van der Waals surface area contributed by atoms with E-state index in [1.165, 1.54) is 25.6 Å². The number of carbonyl (C=O) groups is 2. The second-order valence-corrected chi connectivity index (χ2v) is 6.42. The maximum Gasteiger partial charge on any atom is 0.350 e. The van der Waals surface area contributed by atoms with Gasteiger partial charge >= 0.3 is 5.97 Å². The molecule has 0 aliphatic heterocycles. The molecule has 0 aliphatic rings. The minimum atomic E-state index is -0.493. The highest BCUT2D eigenvalue weighted by atomic mass is 32.1. The molecule has 1 heterocycles. The summed E-state index contributed by atoms with van der Waals surface area (Å²) in [5, 5.41) is 2.80. The molecule has 0 bridgehead atoms. The Balaban J connectivity index is 1.97. The molecule has 0 saturated carbocycles. The molecule has 2 aromatic carbocycles. The van der Waals surface area contributed by atoms with E-state index in [0.29, 0.717) is 21.9 Å². The van der Waals surface area contributed by atoms with Gasteiger partial charge in [-0.05, 0) is 23.8 Å². The first-order valence-corrected chi connectivity index (χ1v) is 8.67. The van der Waals surface area contributed by atoms with Crippen LogP contribution >= 0.6 is 11.3 Å². The average Bonchev–Trinajstić information content (AvgIpc) is 3.11. The van der Waals surface area contributed by atoms with E-state index in [1.807, 2.05) is 30.3 Å². The van der Waals surface area contributed by atoms with Gasteiger partial charge in [-0.25, -0.2) is 4.79 Å². The van der Waals surface area contributed by atoms with E-state index in [-0.39, 0.29) is 5.91 Å². The normalized spacial score (nSPS) is 10.2. The van der Waals surface area contributed by atoms with Crippen LogP contribution in [0.4, 0.5) is 5.69 Å². The zero-order valence-electron chi connectivity index (χ0n) is 14.3. The molecule has 0 spiro atoms. The van der Waals surface area contributed by atoms with E-state index in [1.54, 1.807) is 30.3 Å². The molecule has 1 aromatic heterocycles. The van der Waals surface area contributed by atoms with E-state index in [0.717, 1.165) is 10.4 Å². The highest BCUT2D eigenvalue weighted by Gasteiger charge is 2.21. The van der Waals surface area contributed by atoms with Gasteiger partial charge in [0.25, 0.3) is 5.91 Å². The first-order valence-electron chi connectivity index (χ1n) is 7.86. The molecule has 0 unspecified atom stereocenters. The van der Waals surface area contributed by atoms with E-state index >= 15 is 0 Å². The Labute approximate surface area is 155 Å². The number of hydrogen-bond acceptors (Lipinski definition) is 5. The summed E-state index contributed by atoms with van der Waals surface area (Å²) < 4.78 is 10.1. The molecule has 3 rings (SSSR count). The summed E-state index contributed by atoms with van der Waals surface area (Å²) in [6.07, 6.45) is 0. The quantitative estimate of drug-likeness (QED) is 0.676. The molecule has 26 heavy (non-hydrogen) atoms. The molecule has 5 nitrogen and oxygen atoms in total. The predicted molar refractivity (Wildman–Crippen MR) is 102 cm³/mol. The Morgan fingerprint density at radius 1 is 0.962 bits per heavy atom. The van der Waals surface area contributed by atoms with E-state index < -0.39 is 5.97 Å². The van der Waals surface area contributed by atoms with Crippen molar-refractivity contribution in [2.45, 2.75) is 0 Å². The topological polar surface area (TPSA) is 64.6 Å². The summed E-state index contributed by atoms with van der Waals surface area (Å²) in [5.74, 6) is -0.388. The third-order valence-electron chi connectivity index (χ3n) is 3.76. The number of benzene rings is 2. The molecule has 132 valence electrons. The van der Waals surface area contributed by atoms with E-state index in [2.05, 4.69) is 5.32 Å². The zero-order valence-corrected chi connectivity index (χ0v) is 15.1. The summed E-state index contributed by atoms with van der Waals surface area (Å²) in [6, 6.07) is 18.3. The minimum Gasteiger partial charge on any atom is -0.496 e. The molecule has 6 heteroatoms. The molecule has 1 amide bonds. The number of methoxy groups -OCH3 is 2. The zero-order chi connectivity index (χ0) is 18.5. The molecule has 0 atom stereocenters. The van der Waals surface area contributed by atoms with E-state index in [9.17, 15) is 9.59 Å². The van der Waals surface area contributed by atoms with Gasteiger partial charge in [-0.2, -0.15) is 0 Å². The number of amides is 1. The molecule has 0 fully saturated rings. The number of thiophene rings is 1. The van der Waals surface area contributed by atoms with Crippen LogP contribution in [0.3, 0.4) is 0 Å². The standard InChI is InChI=1S/C20H17NO4S/c1-24-16-11-7-6-10-14(16)19(22)21-15-12-17(13-8-4-3-5-9-13)26-18(15)20(23)25-2/h3-12H,1-2H3,(H,21,22). The Kier molecular flexibility index (Phi) is 5.34. The fourth-order valence-corrected chi connectivity index (χ4v) is 3.53. The van der Waals surface area contributed by atoms with Crippen molar-refractivity contribution in [2.75, 3.05) is 19.5 Å². The Morgan fingerprint density at radius 2 is 1.65 bits per heavy atom. The van der Waals surface area contributed by atoms with Crippen LogP contribution in [0.25, 0.3) is 10.4 Å². The van der Waals surface area contributed by atoms with E-state index in [4.69, 9.17) is 9.47 Å². The SMILES string of the molecule is COC(=O)c1sc(-c2ccccc2)cc1NC(=O)c1ccccc1OC. The summed E-state index contributed by atoms with van der Waals surface area (Å²) in [4.78, 5) is 26.0. The molecule has 3 aromatic rings. The summed E-state index contributed by atoms with van der Waals surface area (Å²) in [7, 11) is 2.82. The third kappa shape index (κ3) is 3.60. The first kappa shape index (κ1) is 17.7. The molecular formula is C20H17NO4S. The summed E-state index contributed by atoms with van der Waals surface area (Å²) in [5.41, 5.74) is 1.76. The van der Waals surface area contributed by atoms with Gasteiger partial charge in [0.15, 0.2) is 0 Å². The van der Waals surface area contributed by atoms with Crippen LogP contribution in [-0.4, -0.2) is 26.1 Å². The Morgan fingerprint density at radius 3 is 2.35 bits per heavy atom. The summed E-state index contributed by atoms with van der Waals surface area (Å²) in [6.45, 7) is 0. The van der Waals surface area contributed by atoms with Gasteiger partial charge in [-0.15, -0.1) is 11.3 Å². The number of para-hydroxylation sites is 1. The molecular weight excluding hydrogens is 350 g/mol. The number of anilines is 1. The number of esters is 1. The highest BCUT2D eigenvalue weighted by Crippen LogP contribution is 2.35. The number of ether oxygens (including phenoxy) is 2. The second-order valence-electron chi connectivity index (χ2n) is 5.37. The highest BCUT2D eigenvalue weighted by molar-refractivity contribution is 7.18. The lowest BCUT2D eigenvalue weighted by Gasteiger charge is -2.09. The van der Waals surface area contributed by atoms with Crippen molar-refractivity contribution >= 4 is 28.9 Å². The van der Waals surface area contributed by atoms with Crippen molar-refractivity contribution < 1.29 is 19.1 Å². The lowest BCUT2D eigenvalue weighted by atomic mass is 10.1. The van der Waals surface area contributed by atoms with Crippen molar-refractivity contribution in [3.05, 3.63) is 71.1 Å². The van der Waals surface area contributed by atoms with Crippen LogP contribution in [0.5, 0.6) is 5.75 Å². The van der Waals surface area contributed by atoms with Gasteiger partial charge in [0.05, 0.1) is 25.5 Å². The Bertz CT molecular complexity index is 934. The molecule has 1 N–H and O–H groups in total. The van der Waals surface area contributed by atoms with Crippen LogP contribution in [0, 0.1) is 0 Å². The summed E-state index contributed by atoms with van der Waals surface area (Å²) >= 11 is 1.27. The predicted octanol–water partition coefficient (Wildman–Crippen LogP) is 4.46. The minimum absolute atomic E-state index is 0.342. The number of nitrogens with one attached hydrogen (secondary N) is 1. The van der Waals surface area contributed by atoms with Gasteiger partial charge in [0.1, 0.15) is 10.6 Å². The van der Waals surface area contributed by atoms with Crippen LogP contribution in [0.2, 0.25) is 0 Å². The lowest BCUT2D eigenvalue weighted by molar-refractivity contribution is 0.0607. The van der Waals surface area contributed by atoms with Crippen LogP contribution in [0.1, 0.15) is 20.0 Å². The van der Waals surface area contributed by atoms with Crippen molar-refractivity contribution in [1.29, 1.82) is 0 Å². The Hall–Kier alpha value is -3.12. The monoisotopic (exact) mass is 367 g/mol. The maximum atomic E-state index is 12.7. The molecule has 0 aliphatic carbocycles. The third-order valence-corrected chi connectivity index (χ3v) is 4.93. The largest absolute Gasteiger partial charge is 0.496 e. The number of rotatable bonds is 5. The van der Waals surface area contributed by atoms with Gasteiger partial charge in [-0.1, -0.05) is 42.5 Å². The average molecular weight is 367 g/mol. The lowest BCUT2D eigenvalue weighted by Crippen LogP contribution is -2.14. The van der Waals surface area contributed by atoms with Crippen LogP contribution in [0.15, 0.2) is 60.7 Å². The van der Waals surface area contributed by atoms with Gasteiger partial charge in [0.2, 0.25) is 0 Å². The van der Waals surface area contributed by atoms with Crippen molar-refractivity contribution in [1.82, 2.24) is 0 Å². The molecule has 0 radical (unpaired) electrons. The van der Waals surface area contributed by atoms with Crippen molar-refractivity contribution in [3.8, 4) is 16.2 Å². The fraction of sp³-hybridized carbons (Fsp3) is 0.100. The van der Waals surface area contributed by atoms with Gasteiger partial charge in [0, 0.05) is 4.88 Å².